The van der Waals surface area contributed by atoms with Gasteiger partial charge in [0.15, 0.2) is 0 Å². The molecule has 8 nitrogen and oxygen atoms in total. The average molecular weight is 248 g/mol. The molecule has 18 heavy (non-hydrogen) atoms. The number of hydrogen-bond donors (Lipinski definition) is 1. The number of nitrogens with one attached hydrogen (secondary N) is 1. The normalized spacial score (nSPS) is 10.3. The van der Waals surface area contributed by atoms with Crippen molar-refractivity contribution in [2.24, 2.45) is 5.10 Å². The molecule has 0 amide bonds. The molecular weight excluding hydrogens is 240 g/mol. The summed E-state index contributed by atoms with van der Waals surface area (Å²) in [6.45, 7) is 0. The van der Waals surface area contributed by atoms with E-state index in [1.165, 1.54) is 24.3 Å². The van der Waals surface area contributed by atoms with Crippen LogP contribution >= 0.6 is 0 Å². The van der Waals surface area contributed by atoms with E-state index in [1.54, 1.807) is 6.07 Å². The number of hydrogen-bond acceptors (Lipinski definition) is 7. The first-order chi connectivity index (χ1) is 8.58. The number of non-ortho nitro benzene ring substituents is 1. The Morgan fingerprint density at radius 2 is 2.11 bits per heavy atom. The molecule has 0 saturated carbocycles. The monoisotopic (exact) mass is 248 g/mol. The van der Waals surface area contributed by atoms with Gasteiger partial charge in [0.25, 0.3) is 5.69 Å². The highest BCUT2D eigenvalue weighted by molar-refractivity contribution is 6.43. The van der Waals surface area contributed by atoms with Crippen LogP contribution in [0, 0.1) is 21.4 Å². The zero-order valence-electron chi connectivity index (χ0n) is 9.28. The van der Waals surface area contributed by atoms with E-state index in [-0.39, 0.29) is 5.69 Å². The van der Waals surface area contributed by atoms with Gasteiger partial charge in [-0.25, -0.2) is 4.79 Å². The lowest BCUT2D eigenvalue weighted by Crippen LogP contribution is -2.15. The molecule has 0 unspecified atom stereocenters. The van der Waals surface area contributed by atoms with Gasteiger partial charge in [-0.1, -0.05) is 0 Å². The van der Waals surface area contributed by atoms with Crippen LogP contribution in [0.25, 0.3) is 0 Å². The van der Waals surface area contributed by atoms with Crippen LogP contribution in [0.5, 0.6) is 0 Å². The van der Waals surface area contributed by atoms with Crippen LogP contribution in [0.1, 0.15) is 0 Å². The third kappa shape index (κ3) is 3.28. The van der Waals surface area contributed by atoms with E-state index in [1.807, 2.05) is 0 Å². The molecule has 0 aliphatic heterocycles. The molecule has 0 spiro atoms. The van der Waals surface area contributed by atoms with Gasteiger partial charge in [0.05, 0.1) is 17.7 Å². The van der Waals surface area contributed by atoms with E-state index in [0.29, 0.717) is 5.69 Å². The fourth-order valence-corrected chi connectivity index (χ4v) is 0.991. The molecule has 1 aromatic carbocycles. The number of hydrazone groups is 1. The molecule has 0 aliphatic carbocycles. The van der Waals surface area contributed by atoms with Gasteiger partial charge in [0.2, 0.25) is 5.71 Å². The number of nitro groups is 1. The van der Waals surface area contributed by atoms with Crippen molar-refractivity contribution >= 4 is 23.1 Å². The van der Waals surface area contributed by atoms with Crippen molar-refractivity contribution in [3.05, 3.63) is 34.4 Å². The van der Waals surface area contributed by atoms with E-state index in [2.05, 4.69) is 15.3 Å². The quantitative estimate of drug-likeness (QED) is 0.368. The minimum atomic E-state index is -0.869. The van der Waals surface area contributed by atoms with E-state index in [4.69, 9.17) is 5.26 Å². The molecule has 92 valence electrons. The number of nitro benzene ring substituents is 1. The third-order valence-electron chi connectivity index (χ3n) is 1.86. The maximum Gasteiger partial charge on any atom is 0.369 e. The van der Waals surface area contributed by atoms with Gasteiger partial charge < -0.3 is 4.74 Å². The molecule has 0 radical (unpaired) electrons. The molecule has 0 saturated heterocycles. The summed E-state index contributed by atoms with van der Waals surface area (Å²) in [7, 11) is 1.13. The van der Waals surface area contributed by atoms with Crippen molar-refractivity contribution in [1.82, 2.24) is 0 Å². The van der Waals surface area contributed by atoms with E-state index >= 15 is 0 Å². The van der Waals surface area contributed by atoms with Gasteiger partial charge in [-0.05, 0) is 12.1 Å². The Morgan fingerprint density at radius 1 is 1.50 bits per heavy atom. The Morgan fingerprint density at radius 3 is 2.56 bits per heavy atom. The molecular formula is C10H8N4O4. The largest absolute Gasteiger partial charge is 0.464 e. The first-order valence-electron chi connectivity index (χ1n) is 4.65. The minimum Gasteiger partial charge on any atom is -0.464 e. The van der Waals surface area contributed by atoms with Crippen molar-refractivity contribution in [1.29, 1.82) is 5.26 Å². The molecule has 0 fully saturated rings. The van der Waals surface area contributed by atoms with Gasteiger partial charge in [0.1, 0.15) is 6.07 Å². The Hall–Kier alpha value is -2.95. The fourth-order valence-electron chi connectivity index (χ4n) is 0.991. The number of nitrogens with zero attached hydrogens (tertiary/aromatic N) is 3. The summed E-state index contributed by atoms with van der Waals surface area (Å²) in [4.78, 5) is 20.9. The molecule has 8 heteroatoms. The van der Waals surface area contributed by atoms with Gasteiger partial charge >= 0.3 is 5.97 Å². The molecule has 0 aliphatic rings. The summed E-state index contributed by atoms with van der Waals surface area (Å²) in [5, 5.41) is 22.5. The number of carbonyl (C=O) groups excluding carboxylic acids is 1. The van der Waals surface area contributed by atoms with Crippen molar-refractivity contribution < 1.29 is 14.5 Å². The summed E-state index contributed by atoms with van der Waals surface area (Å²) in [5.41, 5.74) is 2.30. The summed E-state index contributed by atoms with van der Waals surface area (Å²) < 4.78 is 4.32. The number of rotatable bonds is 4. The highest BCUT2D eigenvalue weighted by Crippen LogP contribution is 2.15. The van der Waals surface area contributed by atoms with Crippen LogP contribution in [0.2, 0.25) is 0 Å². The Kier molecular flexibility index (Phi) is 4.34. The second kappa shape index (κ2) is 5.95. The minimum absolute atomic E-state index is 0.0713. The second-order valence-corrected chi connectivity index (χ2v) is 2.98. The lowest BCUT2D eigenvalue weighted by molar-refractivity contribution is -0.384. The molecule has 1 rings (SSSR count). The zero-order valence-corrected chi connectivity index (χ0v) is 9.28. The van der Waals surface area contributed by atoms with Crippen LogP contribution in [0.3, 0.4) is 0 Å². The number of methoxy groups -OCH3 is 1. The first kappa shape index (κ1) is 13.1. The van der Waals surface area contributed by atoms with Crippen LogP contribution < -0.4 is 5.43 Å². The topological polar surface area (TPSA) is 118 Å². The van der Waals surface area contributed by atoms with Gasteiger partial charge in [-0.2, -0.15) is 10.4 Å². The highest BCUT2D eigenvalue weighted by atomic mass is 16.6. The van der Waals surface area contributed by atoms with E-state index in [9.17, 15) is 14.9 Å². The molecule has 0 atom stereocenters. The highest BCUT2D eigenvalue weighted by Gasteiger charge is 2.10. The van der Waals surface area contributed by atoms with Crippen LogP contribution in [0.15, 0.2) is 29.4 Å². The molecule has 0 bridgehead atoms. The van der Waals surface area contributed by atoms with Gasteiger partial charge in [0, 0.05) is 12.1 Å². The summed E-state index contributed by atoms with van der Waals surface area (Å²) in [6, 6.07) is 6.88. The van der Waals surface area contributed by atoms with Gasteiger partial charge in [-0.15, -0.1) is 0 Å². The Labute approximate surface area is 102 Å². The smallest absolute Gasteiger partial charge is 0.369 e. The van der Waals surface area contributed by atoms with E-state index in [0.717, 1.165) is 7.11 Å². The van der Waals surface area contributed by atoms with Crippen LogP contribution in [-0.2, 0) is 9.53 Å². The maximum atomic E-state index is 11.0. The van der Waals surface area contributed by atoms with Gasteiger partial charge in [-0.3, -0.25) is 15.5 Å². The predicted molar refractivity (Wildman–Crippen MR) is 61.8 cm³/mol. The molecule has 1 N–H and O–H groups in total. The molecule has 0 heterocycles. The number of anilines is 1. The molecule has 0 aromatic heterocycles. The number of nitriles is 1. The maximum absolute atomic E-state index is 11.0. The summed E-state index contributed by atoms with van der Waals surface area (Å²) >= 11 is 0. The fraction of sp³-hybridized carbons (Fsp3) is 0.100. The summed E-state index contributed by atoms with van der Waals surface area (Å²) in [6.07, 6.45) is 0. The molecule has 1 aromatic rings. The van der Waals surface area contributed by atoms with Crippen molar-refractivity contribution in [3.8, 4) is 6.07 Å². The predicted octanol–water partition coefficient (Wildman–Crippen LogP) is 1.06. The zero-order chi connectivity index (χ0) is 13.5. The Bertz CT molecular complexity index is 530. The van der Waals surface area contributed by atoms with Crippen molar-refractivity contribution in [2.75, 3.05) is 12.5 Å². The number of ether oxygens (including phenoxy) is 1. The average Bonchev–Trinajstić information content (AvgIpc) is 2.39. The number of esters is 1. The number of carbonyl (C=O) groups is 1. The van der Waals surface area contributed by atoms with Crippen LogP contribution in [-0.4, -0.2) is 23.7 Å². The Balaban J connectivity index is 2.80. The third-order valence-corrected chi connectivity index (χ3v) is 1.86. The second-order valence-electron chi connectivity index (χ2n) is 2.98. The SMILES string of the molecule is COC(=O)/C(C#N)=N/Nc1ccc([N+](=O)[O-])cc1. The lowest BCUT2D eigenvalue weighted by Gasteiger charge is -2.00. The number of benzene rings is 1. The van der Waals surface area contributed by atoms with Crippen molar-refractivity contribution in [3.63, 3.8) is 0 Å². The lowest BCUT2D eigenvalue weighted by atomic mass is 10.3. The standard InChI is InChI=1S/C10H8N4O4/c1-18-10(15)9(6-11)13-12-7-2-4-8(5-3-7)14(16)17/h2-5,12H,1H3/b13-9+. The summed E-state index contributed by atoms with van der Waals surface area (Å²) in [5.74, 6) is -0.869. The van der Waals surface area contributed by atoms with Crippen LogP contribution in [0.4, 0.5) is 11.4 Å². The first-order valence-corrected chi connectivity index (χ1v) is 4.65. The van der Waals surface area contributed by atoms with E-state index < -0.39 is 16.6 Å². The van der Waals surface area contributed by atoms with Crippen molar-refractivity contribution in [2.45, 2.75) is 0 Å².